The molecule has 1 aromatic carbocycles. The third-order valence-corrected chi connectivity index (χ3v) is 3.87. The molecule has 1 aliphatic carbocycles. The SMILES string of the molecule is COc1ccc(O)c(C(C)NCC(C)C2CC2)c1. The van der Waals surface area contributed by atoms with E-state index in [1.807, 2.05) is 6.07 Å². The molecule has 0 saturated heterocycles. The molecule has 3 nitrogen and oxygen atoms in total. The molecule has 0 aliphatic heterocycles. The maximum Gasteiger partial charge on any atom is 0.120 e. The van der Waals surface area contributed by atoms with Gasteiger partial charge in [0.25, 0.3) is 0 Å². The Morgan fingerprint density at radius 2 is 2.11 bits per heavy atom. The van der Waals surface area contributed by atoms with Gasteiger partial charge in [-0.1, -0.05) is 6.92 Å². The lowest BCUT2D eigenvalue weighted by Crippen LogP contribution is -2.25. The Morgan fingerprint density at radius 1 is 1.39 bits per heavy atom. The standard InChI is InChI=1S/C15H23NO2/c1-10(12-4-5-12)9-16-11(2)14-8-13(18-3)6-7-15(14)17/h6-8,10-12,16-17H,4-5,9H2,1-3H3. The van der Waals surface area contributed by atoms with Crippen molar-refractivity contribution in [1.29, 1.82) is 0 Å². The maximum absolute atomic E-state index is 9.89. The molecular weight excluding hydrogens is 226 g/mol. The van der Waals surface area contributed by atoms with E-state index in [1.54, 1.807) is 19.2 Å². The number of methoxy groups -OCH3 is 1. The van der Waals surface area contributed by atoms with Crippen molar-refractivity contribution in [2.45, 2.75) is 32.7 Å². The molecule has 2 atom stereocenters. The zero-order chi connectivity index (χ0) is 13.1. The van der Waals surface area contributed by atoms with Gasteiger partial charge in [0.2, 0.25) is 0 Å². The molecule has 0 bridgehead atoms. The van der Waals surface area contributed by atoms with E-state index in [4.69, 9.17) is 4.74 Å². The first kappa shape index (κ1) is 13.2. The van der Waals surface area contributed by atoms with Crippen LogP contribution < -0.4 is 10.1 Å². The molecular formula is C15H23NO2. The van der Waals surface area contributed by atoms with Crippen LogP contribution in [-0.2, 0) is 0 Å². The number of rotatable bonds is 6. The molecule has 2 unspecified atom stereocenters. The minimum absolute atomic E-state index is 0.140. The summed E-state index contributed by atoms with van der Waals surface area (Å²) < 4.78 is 5.19. The summed E-state index contributed by atoms with van der Waals surface area (Å²) in [4.78, 5) is 0. The second kappa shape index (κ2) is 5.61. The van der Waals surface area contributed by atoms with E-state index in [0.29, 0.717) is 5.75 Å². The van der Waals surface area contributed by atoms with Crippen LogP contribution in [0.2, 0.25) is 0 Å². The van der Waals surface area contributed by atoms with Gasteiger partial charge in [-0.2, -0.15) is 0 Å². The van der Waals surface area contributed by atoms with Gasteiger partial charge in [0.15, 0.2) is 0 Å². The van der Waals surface area contributed by atoms with E-state index in [0.717, 1.165) is 29.7 Å². The lowest BCUT2D eigenvalue weighted by molar-refractivity contribution is 0.400. The van der Waals surface area contributed by atoms with E-state index in [9.17, 15) is 5.11 Å². The van der Waals surface area contributed by atoms with Gasteiger partial charge in [0, 0.05) is 11.6 Å². The summed E-state index contributed by atoms with van der Waals surface area (Å²) in [6.07, 6.45) is 2.75. The van der Waals surface area contributed by atoms with Crippen molar-refractivity contribution in [2.75, 3.05) is 13.7 Å². The topological polar surface area (TPSA) is 41.5 Å². The second-order valence-corrected chi connectivity index (χ2v) is 5.37. The third-order valence-electron chi connectivity index (χ3n) is 3.87. The van der Waals surface area contributed by atoms with Gasteiger partial charge in [0.05, 0.1) is 7.11 Å². The van der Waals surface area contributed by atoms with Crippen LogP contribution in [0, 0.1) is 11.8 Å². The minimum Gasteiger partial charge on any atom is -0.508 e. The molecule has 0 radical (unpaired) electrons. The van der Waals surface area contributed by atoms with Gasteiger partial charge in [-0.3, -0.25) is 0 Å². The minimum atomic E-state index is 0.140. The summed E-state index contributed by atoms with van der Waals surface area (Å²) in [6.45, 7) is 5.37. The fourth-order valence-corrected chi connectivity index (χ4v) is 2.31. The van der Waals surface area contributed by atoms with Crippen molar-refractivity contribution < 1.29 is 9.84 Å². The number of benzene rings is 1. The first-order valence-corrected chi connectivity index (χ1v) is 6.72. The zero-order valence-corrected chi connectivity index (χ0v) is 11.4. The van der Waals surface area contributed by atoms with Gasteiger partial charge in [-0.25, -0.2) is 0 Å². The molecule has 18 heavy (non-hydrogen) atoms. The Bertz CT molecular complexity index is 401. The Balaban J connectivity index is 1.96. The molecule has 1 saturated carbocycles. The van der Waals surface area contributed by atoms with Crippen LogP contribution in [-0.4, -0.2) is 18.8 Å². The van der Waals surface area contributed by atoms with E-state index >= 15 is 0 Å². The van der Waals surface area contributed by atoms with Gasteiger partial charge in [-0.15, -0.1) is 0 Å². The number of phenolic OH excluding ortho intramolecular Hbond substituents is 1. The van der Waals surface area contributed by atoms with E-state index < -0.39 is 0 Å². The van der Waals surface area contributed by atoms with Crippen molar-refractivity contribution in [2.24, 2.45) is 11.8 Å². The predicted octanol–water partition coefficient (Wildman–Crippen LogP) is 3.10. The molecule has 0 aromatic heterocycles. The highest BCUT2D eigenvalue weighted by Crippen LogP contribution is 2.36. The quantitative estimate of drug-likeness (QED) is 0.814. The van der Waals surface area contributed by atoms with Crippen LogP contribution in [0.5, 0.6) is 11.5 Å². The number of hydrogen-bond acceptors (Lipinski definition) is 3. The van der Waals surface area contributed by atoms with Crippen molar-refractivity contribution in [3.05, 3.63) is 23.8 Å². The monoisotopic (exact) mass is 249 g/mol. The van der Waals surface area contributed by atoms with Gasteiger partial charge >= 0.3 is 0 Å². The Morgan fingerprint density at radius 3 is 2.72 bits per heavy atom. The van der Waals surface area contributed by atoms with Crippen LogP contribution in [0.1, 0.15) is 38.3 Å². The second-order valence-electron chi connectivity index (χ2n) is 5.37. The Hall–Kier alpha value is -1.22. The molecule has 0 spiro atoms. The summed E-state index contributed by atoms with van der Waals surface area (Å²) >= 11 is 0. The molecule has 1 aromatic rings. The van der Waals surface area contributed by atoms with Crippen molar-refractivity contribution >= 4 is 0 Å². The normalized spacial score (nSPS) is 18.4. The first-order chi connectivity index (χ1) is 8.61. The molecule has 0 heterocycles. The van der Waals surface area contributed by atoms with Gasteiger partial charge in [-0.05, 0) is 56.3 Å². The van der Waals surface area contributed by atoms with E-state index in [1.165, 1.54) is 12.8 Å². The van der Waals surface area contributed by atoms with Crippen LogP contribution in [0.3, 0.4) is 0 Å². The van der Waals surface area contributed by atoms with Crippen molar-refractivity contribution in [1.82, 2.24) is 5.32 Å². The lowest BCUT2D eigenvalue weighted by Gasteiger charge is -2.19. The lowest BCUT2D eigenvalue weighted by atomic mass is 10.0. The highest BCUT2D eigenvalue weighted by molar-refractivity contribution is 5.41. The summed E-state index contributed by atoms with van der Waals surface area (Å²) in [7, 11) is 1.64. The van der Waals surface area contributed by atoms with E-state index in [2.05, 4.69) is 19.2 Å². The molecule has 0 amide bonds. The number of ether oxygens (including phenoxy) is 1. The largest absolute Gasteiger partial charge is 0.508 e. The number of nitrogens with one attached hydrogen (secondary N) is 1. The van der Waals surface area contributed by atoms with Crippen LogP contribution in [0.4, 0.5) is 0 Å². The maximum atomic E-state index is 9.89. The molecule has 3 heteroatoms. The fraction of sp³-hybridized carbons (Fsp3) is 0.600. The van der Waals surface area contributed by atoms with Gasteiger partial charge < -0.3 is 15.2 Å². The fourth-order valence-electron chi connectivity index (χ4n) is 2.31. The number of phenols is 1. The first-order valence-electron chi connectivity index (χ1n) is 6.72. The van der Waals surface area contributed by atoms with Crippen LogP contribution in [0.15, 0.2) is 18.2 Å². The summed E-state index contributed by atoms with van der Waals surface area (Å²) in [5.41, 5.74) is 0.900. The molecule has 2 N–H and O–H groups in total. The molecule has 1 aliphatic rings. The Labute approximate surface area is 109 Å². The van der Waals surface area contributed by atoms with Crippen LogP contribution >= 0.6 is 0 Å². The molecule has 2 rings (SSSR count). The number of aromatic hydroxyl groups is 1. The van der Waals surface area contributed by atoms with Crippen molar-refractivity contribution in [3.8, 4) is 11.5 Å². The Kier molecular flexibility index (Phi) is 4.12. The highest BCUT2D eigenvalue weighted by atomic mass is 16.5. The molecule has 100 valence electrons. The predicted molar refractivity (Wildman–Crippen MR) is 73.0 cm³/mol. The summed E-state index contributed by atoms with van der Waals surface area (Å²) in [5.74, 6) is 2.74. The third kappa shape index (κ3) is 3.16. The summed E-state index contributed by atoms with van der Waals surface area (Å²) in [5, 5.41) is 13.4. The molecule has 1 fully saturated rings. The zero-order valence-electron chi connectivity index (χ0n) is 11.4. The van der Waals surface area contributed by atoms with Gasteiger partial charge in [0.1, 0.15) is 11.5 Å². The van der Waals surface area contributed by atoms with Crippen LogP contribution in [0.25, 0.3) is 0 Å². The number of hydrogen-bond donors (Lipinski definition) is 2. The summed E-state index contributed by atoms with van der Waals surface area (Å²) in [6, 6.07) is 5.51. The smallest absolute Gasteiger partial charge is 0.120 e. The van der Waals surface area contributed by atoms with Crippen molar-refractivity contribution in [3.63, 3.8) is 0 Å². The average molecular weight is 249 g/mol. The highest BCUT2D eigenvalue weighted by Gasteiger charge is 2.27. The van der Waals surface area contributed by atoms with E-state index in [-0.39, 0.29) is 6.04 Å². The average Bonchev–Trinajstić information content (AvgIpc) is 3.20.